The van der Waals surface area contributed by atoms with Gasteiger partial charge in [0, 0.05) is 5.56 Å². The molecule has 5 nitrogen and oxygen atoms in total. The van der Waals surface area contributed by atoms with Crippen LogP contribution in [-0.2, 0) is 14.3 Å². The van der Waals surface area contributed by atoms with Crippen molar-refractivity contribution < 1.29 is 23.9 Å². The molecule has 0 N–H and O–H groups in total. The second kappa shape index (κ2) is 7.02. The van der Waals surface area contributed by atoms with Crippen LogP contribution in [0.4, 0.5) is 0 Å². The van der Waals surface area contributed by atoms with Gasteiger partial charge in [0.1, 0.15) is 13.2 Å². The van der Waals surface area contributed by atoms with Crippen molar-refractivity contribution in [3.8, 4) is 0 Å². The lowest BCUT2D eigenvalue weighted by molar-refractivity contribution is -0.154. The number of ether oxygens (including phenoxy) is 2. The molecular weight excluding hydrogens is 272 g/mol. The predicted octanol–water partition coefficient (Wildman–Crippen LogP) is 2.64. The normalized spacial score (nSPS) is 10.9. The van der Waals surface area contributed by atoms with Crippen molar-refractivity contribution in [2.75, 3.05) is 13.2 Å². The first kappa shape index (κ1) is 16.9. The maximum Gasteiger partial charge on any atom is 0.338 e. The molecule has 0 radical (unpaired) electrons. The molecule has 5 heteroatoms. The monoisotopic (exact) mass is 292 g/mol. The smallest absolute Gasteiger partial charge is 0.338 e. The highest BCUT2D eigenvalue weighted by Crippen LogP contribution is 2.15. The number of hydrogen-bond donors (Lipinski definition) is 0. The van der Waals surface area contributed by atoms with Gasteiger partial charge in [-0.2, -0.15) is 0 Å². The minimum absolute atomic E-state index is 0.00984. The zero-order chi connectivity index (χ0) is 16.0. The van der Waals surface area contributed by atoms with E-state index in [0.717, 1.165) is 0 Å². The molecular formula is C16H20O5. The fourth-order valence-electron chi connectivity index (χ4n) is 1.53. The highest BCUT2D eigenvalue weighted by Gasteiger charge is 2.23. The highest BCUT2D eigenvalue weighted by atomic mass is 16.6. The first-order chi connectivity index (χ1) is 9.73. The Bertz CT molecular complexity index is 540. The van der Waals surface area contributed by atoms with Crippen molar-refractivity contribution in [2.45, 2.75) is 27.7 Å². The van der Waals surface area contributed by atoms with E-state index in [-0.39, 0.29) is 30.5 Å². The molecule has 0 bridgehead atoms. The summed E-state index contributed by atoms with van der Waals surface area (Å²) in [6.45, 7) is 6.55. The van der Waals surface area contributed by atoms with Crippen LogP contribution in [0.25, 0.3) is 0 Å². The number of esters is 2. The van der Waals surface area contributed by atoms with E-state index in [1.54, 1.807) is 39.0 Å². The Morgan fingerprint density at radius 1 is 0.952 bits per heavy atom. The molecule has 0 atom stereocenters. The van der Waals surface area contributed by atoms with Crippen LogP contribution in [0.1, 0.15) is 48.4 Å². The number of hydrogen-bond acceptors (Lipinski definition) is 5. The van der Waals surface area contributed by atoms with E-state index in [9.17, 15) is 14.4 Å². The summed E-state index contributed by atoms with van der Waals surface area (Å²) in [6, 6.07) is 6.43. The van der Waals surface area contributed by atoms with Gasteiger partial charge >= 0.3 is 11.9 Å². The fraction of sp³-hybridized carbons (Fsp3) is 0.438. The van der Waals surface area contributed by atoms with Gasteiger partial charge in [0.2, 0.25) is 0 Å². The standard InChI is InChI=1S/C16H20O5/c1-11(17)12-7-5-6-8-13(12)14(18)20-9-10-21-15(19)16(2,3)4/h5-8H,9-10H2,1-4H3. The van der Waals surface area contributed by atoms with E-state index in [1.807, 2.05) is 0 Å². The molecule has 1 aromatic rings. The van der Waals surface area contributed by atoms with Crippen molar-refractivity contribution in [2.24, 2.45) is 5.41 Å². The molecule has 21 heavy (non-hydrogen) atoms. The van der Waals surface area contributed by atoms with Gasteiger partial charge in [-0.25, -0.2) is 4.79 Å². The van der Waals surface area contributed by atoms with E-state index in [0.29, 0.717) is 5.56 Å². The molecule has 0 aliphatic rings. The van der Waals surface area contributed by atoms with E-state index >= 15 is 0 Å². The van der Waals surface area contributed by atoms with Crippen LogP contribution < -0.4 is 0 Å². The summed E-state index contributed by atoms with van der Waals surface area (Å²) in [6.07, 6.45) is 0. The fourth-order valence-corrected chi connectivity index (χ4v) is 1.53. The van der Waals surface area contributed by atoms with Crippen LogP contribution in [0.5, 0.6) is 0 Å². The van der Waals surface area contributed by atoms with Crippen molar-refractivity contribution in [3.63, 3.8) is 0 Å². The third-order valence-corrected chi connectivity index (χ3v) is 2.69. The Kier molecular flexibility index (Phi) is 5.64. The van der Waals surface area contributed by atoms with Crippen LogP contribution in [0.15, 0.2) is 24.3 Å². The Hall–Kier alpha value is -2.17. The molecule has 0 amide bonds. The number of rotatable bonds is 5. The third kappa shape index (κ3) is 5.02. The second-order valence-corrected chi connectivity index (χ2v) is 5.62. The lowest BCUT2D eigenvalue weighted by Crippen LogP contribution is -2.25. The van der Waals surface area contributed by atoms with Crippen molar-refractivity contribution in [1.82, 2.24) is 0 Å². The quantitative estimate of drug-likeness (QED) is 0.474. The maximum atomic E-state index is 11.9. The molecule has 0 aromatic heterocycles. The maximum absolute atomic E-state index is 11.9. The highest BCUT2D eigenvalue weighted by molar-refractivity contribution is 6.05. The molecule has 0 spiro atoms. The number of benzene rings is 1. The van der Waals surface area contributed by atoms with Gasteiger partial charge in [-0.15, -0.1) is 0 Å². The number of carbonyl (C=O) groups excluding carboxylic acids is 3. The van der Waals surface area contributed by atoms with Gasteiger partial charge in [0.25, 0.3) is 0 Å². The van der Waals surface area contributed by atoms with Crippen LogP contribution in [0, 0.1) is 5.41 Å². The Balaban J connectivity index is 2.52. The zero-order valence-corrected chi connectivity index (χ0v) is 12.8. The predicted molar refractivity (Wildman–Crippen MR) is 77.1 cm³/mol. The van der Waals surface area contributed by atoms with Crippen LogP contribution in [0.2, 0.25) is 0 Å². The summed E-state index contributed by atoms with van der Waals surface area (Å²) < 4.78 is 10.0. The zero-order valence-electron chi connectivity index (χ0n) is 12.8. The first-order valence-corrected chi connectivity index (χ1v) is 6.68. The molecule has 1 aromatic carbocycles. The summed E-state index contributed by atoms with van der Waals surface area (Å²) in [5.74, 6) is -1.17. The van der Waals surface area contributed by atoms with Gasteiger partial charge in [0.15, 0.2) is 5.78 Å². The largest absolute Gasteiger partial charge is 0.462 e. The summed E-state index contributed by atoms with van der Waals surface area (Å²) in [5.41, 5.74) is -0.0630. The number of Topliss-reactive ketones (excluding diaryl/α,β-unsaturated/α-hetero) is 1. The average Bonchev–Trinajstić information content (AvgIpc) is 2.41. The van der Waals surface area contributed by atoms with Crippen molar-refractivity contribution >= 4 is 17.7 Å². The SMILES string of the molecule is CC(=O)c1ccccc1C(=O)OCCOC(=O)C(C)(C)C. The third-order valence-electron chi connectivity index (χ3n) is 2.69. The van der Waals surface area contributed by atoms with E-state index in [4.69, 9.17) is 9.47 Å². The minimum Gasteiger partial charge on any atom is -0.462 e. The van der Waals surface area contributed by atoms with Gasteiger partial charge < -0.3 is 9.47 Å². The molecule has 0 aliphatic carbocycles. The Labute approximate surface area is 124 Å². The lowest BCUT2D eigenvalue weighted by atomic mass is 9.97. The summed E-state index contributed by atoms with van der Waals surface area (Å²) in [4.78, 5) is 34.8. The molecule has 114 valence electrons. The Morgan fingerprint density at radius 2 is 1.48 bits per heavy atom. The molecule has 0 heterocycles. The van der Waals surface area contributed by atoms with E-state index in [1.165, 1.54) is 13.0 Å². The lowest BCUT2D eigenvalue weighted by Gasteiger charge is -2.16. The molecule has 0 saturated heterocycles. The summed E-state index contributed by atoms with van der Waals surface area (Å²) >= 11 is 0. The second-order valence-electron chi connectivity index (χ2n) is 5.62. The summed E-state index contributed by atoms with van der Waals surface area (Å²) in [5, 5.41) is 0. The van der Waals surface area contributed by atoms with Crippen molar-refractivity contribution in [3.05, 3.63) is 35.4 Å². The molecule has 0 saturated carbocycles. The van der Waals surface area contributed by atoms with Gasteiger partial charge in [-0.3, -0.25) is 9.59 Å². The van der Waals surface area contributed by atoms with Crippen LogP contribution >= 0.6 is 0 Å². The molecule has 0 unspecified atom stereocenters. The van der Waals surface area contributed by atoms with E-state index < -0.39 is 11.4 Å². The minimum atomic E-state index is -0.604. The molecule has 0 aliphatic heterocycles. The van der Waals surface area contributed by atoms with Gasteiger partial charge in [-0.1, -0.05) is 18.2 Å². The van der Waals surface area contributed by atoms with Crippen molar-refractivity contribution in [1.29, 1.82) is 0 Å². The van der Waals surface area contributed by atoms with Crippen LogP contribution in [-0.4, -0.2) is 30.9 Å². The first-order valence-electron chi connectivity index (χ1n) is 6.68. The summed E-state index contributed by atoms with van der Waals surface area (Å²) in [7, 11) is 0. The van der Waals surface area contributed by atoms with Gasteiger partial charge in [-0.05, 0) is 33.8 Å². The van der Waals surface area contributed by atoms with Crippen LogP contribution in [0.3, 0.4) is 0 Å². The number of carbonyl (C=O) groups is 3. The number of ketones is 1. The molecule has 0 fully saturated rings. The van der Waals surface area contributed by atoms with E-state index in [2.05, 4.69) is 0 Å². The average molecular weight is 292 g/mol. The topological polar surface area (TPSA) is 69.7 Å². The Morgan fingerprint density at radius 3 is 2.00 bits per heavy atom. The molecule has 1 rings (SSSR count). The van der Waals surface area contributed by atoms with Gasteiger partial charge in [0.05, 0.1) is 11.0 Å².